The highest BCUT2D eigenvalue weighted by Gasteiger charge is 2.08. The molecule has 0 saturated carbocycles. The quantitative estimate of drug-likeness (QED) is 0.616. The zero-order valence-electron chi connectivity index (χ0n) is 10.2. The van der Waals surface area contributed by atoms with Gasteiger partial charge in [-0.3, -0.25) is 4.79 Å². The van der Waals surface area contributed by atoms with Gasteiger partial charge in [-0.05, 0) is 26.7 Å². The average molecular weight is 216 g/mol. The first-order valence-electron chi connectivity index (χ1n) is 5.65. The van der Waals surface area contributed by atoms with E-state index in [0.717, 1.165) is 19.4 Å². The maximum Gasteiger partial charge on any atom is 0.222 e. The second-order valence-electron chi connectivity index (χ2n) is 3.88. The van der Waals surface area contributed by atoms with Crippen LogP contribution in [0, 0.1) is 0 Å². The van der Waals surface area contributed by atoms with E-state index in [2.05, 4.69) is 0 Å². The highest BCUT2D eigenvalue weighted by atomic mass is 16.5. The molecule has 0 aliphatic rings. The monoisotopic (exact) mass is 216 g/mol. The van der Waals surface area contributed by atoms with Crippen LogP contribution >= 0.6 is 0 Å². The molecule has 15 heavy (non-hydrogen) atoms. The van der Waals surface area contributed by atoms with Crippen molar-refractivity contribution in [1.29, 1.82) is 0 Å². The molecule has 4 heteroatoms. The summed E-state index contributed by atoms with van der Waals surface area (Å²) in [5.74, 6) is 0.176. The topological polar surface area (TPSA) is 55.6 Å². The molecule has 0 aliphatic carbocycles. The Morgan fingerprint density at radius 1 is 1.53 bits per heavy atom. The zero-order valence-corrected chi connectivity index (χ0v) is 10.2. The molecule has 0 aliphatic heterocycles. The van der Waals surface area contributed by atoms with Gasteiger partial charge in [-0.25, -0.2) is 0 Å². The smallest absolute Gasteiger partial charge is 0.222 e. The number of nitrogens with two attached hydrogens (primary N) is 1. The highest BCUT2D eigenvalue weighted by Crippen LogP contribution is 1.98. The van der Waals surface area contributed by atoms with E-state index in [0.29, 0.717) is 19.6 Å². The lowest BCUT2D eigenvalue weighted by atomic mass is 10.2. The number of hydrogen-bond acceptors (Lipinski definition) is 3. The molecule has 0 aromatic heterocycles. The number of ether oxygens (including phenoxy) is 1. The molecular weight excluding hydrogens is 192 g/mol. The Balaban J connectivity index is 3.51. The van der Waals surface area contributed by atoms with Crippen molar-refractivity contribution >= 4 is 5.91 Å². The molecule has 1 unspecified atom stereocenters. The summed E-state index contributed by atoms with van der Waals surface area (Å²) >= 11 is 0. The van der Waals surface area contributed by atoms with E-state index < -0.39 is 0 Å². The van der Waals surface area contributed by atoms with Crippen LogP contribution in [0.2, 0.25) is 0 Å². The van der Waals surface area contributed by atoms with Gasteiger partial charge in [0, 0.05) is 39.3 Å². The van der Waals surface area contributed by atoms with Gasteiger partial charge in [0.15, 0.2) is 0 Å². The Hall–Kier alpha value is -0.610. The Kier molecular flexibility index (Phi) is 8.33. The number of rotatable bonds is 8. The fourth-order valence-corrected chi connectivity index (χ4v) is 1.18. The minimum absolute atomic E-state index is 0.156. The van der Waals surface area contributed by atoms with Crippen LogP contribution in [0.15, 0.2) is 0 Å². The van der Waals surface area contributed by atoms with E-state index in [4.69, 9.17) is 10.5 Å². The fraction of sp³-hybridized carbons (Fsp3) is 0.909. The van der Waals surface area contributed by atoms with Crippen molar-refractivity contribution in [2.45, 2.75) is 39.2 Å². The predicted octanol–water partition coefficient (Wildman–Crippen LogP) is 0.999. The van der Waals surface area contributed by atoms with E-state index in [-0.39, 0.29) is 11.9 Å². The van der Waals surface area contributed by atoms with E-state index in [1.807, 2.05) is 20.9 Å². The number of nitrogens with zero attached hydrogens (tertiary/aromatic N) is 1. The van der Waals surface area contributed by atoms with Crippen molar-refractivity contribution in [2.24, 2.45) is 5.73 Å². The minimum Gasteiger partial charge on any atom is -0.382 e. The summed E-state index contributed by atoms with van der Waals surface area (Å²) in [6, 6.07) is 0.156. The summed E-state index contributed by atoms with van der Waals surface area (Å²) in [7, 11) is 1.82. The van der Waals surface area contributed by atoms with Gasteiger partial charge in [0.05, 0.1) is 0 Å². The molecule has 0 spiro atoms. The SMILES string of the molecule is CCOCCCC(=O)N(C)CCC(C)N. The van der Waals surface area contributed by atoms with Crippen LogP contribution in [0.3, 0.4) is 0 Å². The first-order chi connectivity index (χ1) is 7.07. The van der Waals surface area contributed by atoms with Crippen LogP contribution in [0.1, 0.15) is 33.1 Å². The Labute approximate surface area is 92.8 Å². The lowest BCUT2D eigenvalue weighted by Crippen LogP contribution is -2.31. The summed E-state index contributed by atoms with van der Waals surface area (Å²) in [5, 5.41) is 0. The molecule has 1 atom stereocenters. The lowest BCUT2D eigenvalue weighted by Gasteiger charge is -2.18. The summed E-state index contributed by atoms with van der Waals surface area (Å²) in [6.07, 6.45) is 2.22. The summed E-state index contributed by atoms with van der Waals surface area (Å²) in [4.78, 5) is 13.3. The van der Waals surface area contributed by atoms with Crippen LogP contribution in [0.25, 0.3) is 0 Å². The van der Waals surface area contributed by atoms with Crippen LogP contribution < -0.4 is 5.73 Å². The number of carbonyl (C=O) groups is 1. The van der Waals surface area contributed by atoms with E-state index in [1.54, 1.807) is 4.90 Å². The lowest BCUT2D eigenvalue weighted by molar-refractivity contribution is -0.130. The van der Waals surface area contributed by atoms with Crippen molar-refractivity contribution in [1.82, 2.24) is 4.90 Å². The molecule has 2 N–H and O–H groups in total. The standard InChI is InChI=1S/C11H24N2O2/c1-4-15-9-5-6-11(14)13(3)8-7-10(2)12/h10H,4-9,12H2,1-3H3. The van der Waals surface area contributed by atoms with Crippen LogP contribution in [0.4, 0.5) is 0 Å². The van der Waals surface area contributed by atoms with E-state index in [1.165, 1.54) is 0 Å². The summed E-state index contributed by atoms with van der Waals surface area (Å²) < 4.78 is 5.17. The second-order valence-corrected chi connectivity index (χ2v) is 3.88. The molecule has 0 radical (unpaired) electrons. The maximum atomic E-state index is 11.5. The third-order valence-electron chi connectivity index (χ3n) is 2.23. The van der Waals surface area contributed by atoms with Crippen molar-refractivity contribution in [3.05, 3.63) is 0 Å². The van der Waals surface area contributed by atoms with Crippen molar-refractivity contribution in [3.63, 3.8) is 0 Å². The minimum atomic E-state index is 0.156. The molecule has 1 amide bonds. The first kappa shape index (κ1) is 14.4. The van der Waals surface area contributed by atoms with Gasteiger partial charge in [0.1, 0.15) is 0 Å². The fourth-order valence-electron chi connectivity index (χ4n) is 1.18. The van der Waals surface area contributed by atoms with Gasteiger partial charge in [0.25, 0.3) is 0 Å². The molecule has 90 valence electrons. The first-order valence-corrected chi connectivity index (χ1v) is 5.65. The molecular formula is C11H24N2O2. The summed E-state index contributed by atoms with van der Waals surface area (Å²) in [5.41, 5.74) is 5.62. The third kappa shape index (κ3) is 8.39. The van der Waals surface area contributed by atoms with Gasteiger partial charge in [0.2, 0.25) is 5.91 Å². The predicted molar refractivity (Wildman–Crippen MR) is 61.6 cm³/mol. The molecule has 0 bridgehead atoms. The summed E-state index contributed by atoms with van der Waals surface area (Å²) in [6.45, 7) is 6.03. The highest BCUT2D eigenvalue weighted by molar-refractivity contribution is 5.75. The molecule has 0 aromatic carbocycles. The largest absolute Gasteiger partial charge is 0.382 e. The van der Waals surface area contributed by atoms with Crippen molar-refractivity contribution in [2.75, 3.05) is 26.8 Å². The molecule has 0 aromatic rings. The van der Waals surface area contributed by atoms with Gasteiger partial charge in [-0.1, -0.05) is 0 Å². The maximum absolute atomic E-state index is 11.5. The Morgan fingerprint density at radius 2 is 2.20 bits per heavy atom. The molecule has 0 saturated heterocycles. The Morgan fingerprint density at radius 3 is 2.73 bits per heavy atom. The van der Waals surface area contributed by atoms with Crippen molar-refractivity contribution in [3.8, 4) is 0 Å². The molecule has 0 heterocycles. The zero-order chi connectivity index (χ0) is 11.7. The van der Waals surface area contributed by atoms with Crippen LogP contribution in [-0.4, -0.2) is 43.7 Å². The normalized spacial score (nSPS) is 12.5. The molecule has 4 nitrogen and oxygen atoms in total. The van der Waals surface area contributed by atoms with Gasteiger partial charge in [-0.2, -0.15) is 0 Å². The third-order valence-corrected chi connectivity index (χ3v) is 2.23. The number of hydrogen-bond donors (Lipinski definition) is 1. The van der Waals surface area contributed by atoms with E-state index in [9.17, 15) is 4.79 Å². The second kappa shape index (κ2) is 8.68. The number of carbonyl (C=O) groups excluding carboxylic acids is 1. The van der Waals surface area contributed by atoms with E-state index >= 15 is 0 Å². The average Bonchev–Trinajstić information content (AvgIpc) is 2.20. The van der Waals surface area contributed by atoms with Crippen LogP contribution in [-0.2, 0) is 9.53 Å². The van der Waals surface area contributed by atoms with Gasteiger partial charge >= 0.3 is 0 Å². The van der Waals surface area contributed by atoms with Crippen molar-refractivity contribution < 1.29 is 9.53 Å². The van der Waals surface area contributed by atoms with Gasteiger partial charge < -0.3 is 15.4 Å². The van der Waals surface area contributed by atoms with Crippen LogP contribution in [0.5, 0.6) is 0 Å². The Bertz CT molecular complexity index is 172. The number of amides is 1. The molecule has 0 rings (SSSR count). The van der Waals surface area contributed by atoms with Gasteiger partial charge in [-0.15, -0.1) is 0 Å². The molecule has 0 fully saturated rings.